The van der Waals surface area contributed by atoms with Gasteiger partial charge in [-0.2, -0.15) is 5.10 Å². The molecule has 0 radical (unpaired) electrons. The zero-order valence-corrected chi connectivity index (χ0v) is 8.86. The fraction of sp³-hybridized carbons (Fsp3) is 0.600. The Balaban J connectivity index is 1.94. The van der Waals surface area contributed by atoms with Gasteiger partial charge in [-0.15, -0.1) is 0 Å². The maximum atomic E-state index is 10.9. The third-order valence-electron chi connectivity index (χ3n) is 3.26. The average molecular weight is 222 g/mol. The zero-order chi connectivity index (χ0) is 11.1. The highest BCUT2D eigenvalue weighted by molar-refractivity contribution is 5.73. The van der Waals surface area contributed by atoms with Gasteiger partial charge in [0.05, 0.1) is 17.9 Å². The van der Waals surface area contributed by atoms with E-state index in [-0.39, 0.29) is 0 Å². The number of fused-ring (bicyclic) bond motifs is 3. The maximum absolute atomic E-state index is 10.9. The highest BCUT2D eigenvalue weighted by Crippen LogP contribution is 2.20. The van der Waals surface area contributed by atoms with Gasteiger partial charge in [-0.25, -0.2) is 0 Å². The summed E-state index contributed by atoms with van der Waals surface area (Å²) in [5, 5.41) is 19.8. The van der Waals surface area contributed by atoms with Crippen LogP contribution in [0.25, 0.3) is 0 Å². The minimum Gasteiger partial charge on any atom is -0.480 e. The van der Waals surface area contributed by atoms with Gasteiger partial charge in [0.25, 0.3) is 0 Å². The number of aromatic nitrogens is 2. The molecule has 0 bridgehead atoms. The molecule has 3 N–H and O–H groups in total. The average Bonchev–Trinajstić information content (AvgIpc) is 2.66. The lowest BCUT2D eigenvalue weighted by atomic mass is 10.1. The summed E-state index contributed by atoms with van der Waals surface area (Å²) in [6, 6.07) is -0.512. The van der Waals surface area contributed by atoms with Crippen LogP contribution in [-0.2, 0) is 30.8 Å². The lowest BCUT2D eigenvalue weighted by Crippen LogP contribution is -2.44. The molecule has 1 atom stereocenters. The molecule has 1 aromatic heterocycles. The van der Waals surface area contributed by atoms with Crippen molar-refractivity contribution in [2.45, 2.75) is 32.1 Å². The van der Waals surface area contributed by atoms with E-state index in [0.717, 1.165) is 30.9 Å². The van der Waals surface area contributed by atoms with Crippen LogP contribution >= 0.6 is 0 Å². The molecule has 0 spiro atoms. The van der Waals surface area contributed by atoms with E-state index in [1.54, 1.807) is 0 Å². The van der Waals surface area contributed by atoms with Crippen LogP contribution in [0.1, 0.15) is 17.0 Å². The number of hydrogen-bond donors (Lipinski definition) is 3. The number of aliphatic carboxylic acids is 1. The maximum Gasteiger partial charge on any atom is 0.322 e. The Labute approximate surface area is 92.6 Å². The SMILES string of the molecule is O=C(O)C1Cn2nc3c(c2CN1)CNCC3. The molecule has 0 saturated carbocycles. The van der Waals surface area contributed by atoms with Crippen molar-refractivity contribution in [3.05, 3.63) is 17.0 Å². The van der Waals surface area contributed by atoms with Crippen LogP contribution in [0.15, 0.2) is 0 Å². The summed E-state index contributed by atoms with van der Waals surface area (Å²) in [4.78, 5) is 10.9. The molecule has 0 fully saturated rings. The fourth-order valence-corrected chi connectivity index (χ4v) is 2.39. The van der Waals surface area contributed by atoms with Crippen molar-refractivity contribution in [3.63, 3.8) is 0 Å². The molecule has 3 rings (SSSR count). The molecule has 6 nitrogen and oxygen atoms in total. The van der Waals surface area contributed by atoms with Gasteiger partial charge < -0.3 is 10.4 Å². The fourth-order valence-electron chi connectivity index (χ4n) is 2.39. The van der Waals surface area contributed by atoms with Gasteiger partial charge in [0.2, 0.25) is 0 Å². The predicted octanol–water partition coefficient (Wildman–Crippen LogP) is -0.915. The van der Waals surface area contributed by atoms with Gasteiger partial charge in [-0.1, -0.05) is 0 Å². The number of carbonyl (C=O) groups is 1. The molecule has 2 aliphatic heterocycles. The minimum absolute atomic E-state index is 0.428. The highest BCUT2D eigenvalue weighted by atomic mass is 16.4. The number of carboxylic acids is 1. The Kier molecular flexibility index (Phi) is 2.19. The predicted molar refractivity (Wildman–Crippen MR) is 55.9 cm³/mol. The van der Waals surface area contributed by atoms with Crippen molar-refractivity contribution < 1.29 is 9.90 Å². The van der Waals surface area contributed by atoms with Crippen molar-refractivity contribution in [2.75, 3.05) is 6.54 Å². The first kappa shape index (κ1) is 9.80. The van der Waals surface area contributed by atoms with Crippen molar-refractivity contribution in [1.29, 1.82) is 0 Å². The van der Waals surface area contributed by atoms with E-state index in [4.69, 9.17) is 5.11 Å². The second kappa shape index (κ2) is 3.57. The van der Waals surface area contributed by atoms with Crippen LogP contribution in [0.3, 0.4) is 0 Å². The molecule has 2 aliphatic rings. The first-order valence-electron chi connectivity index (χ1n) is 5.50. The Morgan fingerprint density at radius 2 is 2.38 bits per heavy atom. The van der Waals surface area contributed by atoms with Gasteiger partial charge in [-0.3, -0.25) is 14.8 Å². The van der Waals surface area contributed by atoms with E-state index in [2.05, 4.69) is 15.7 Å². The van der Waals surface area contributed by atoms with E-state index >= 15 is 0 Å². The lowest BCUT2D eigenvalue weighted by Gasteiger charge is -2.22. The van der Waals surface area contributed by atoms with Crippen molar-refractivity contribution in [3.8, 4) is 0 Å². The van der Waals surface area contributed by atoms with E-state index in [9.17, 15) is 4.79 Å². The Morgan fingerprint density at radius 1 is 1.50 bits per heavy atom. The van der Waals surface area contributed by atoms with Crippen LogP contribution < -0.4 is 10.6 Å². The largest absolute Gasteiger partial charge is 0.480 e. The summed E-state index contributed by atoms with van der Waals surface area (Å²) in [5.74, 6) is -0.808. The highest BCUT2D eigenvalue weighted by Gasteiger charge is 2.28. The molecule has 0 saturated heterocycles. The molecular formula is C10H14N4O2. The molecule has 86 valence electrons. The van der Waals surface area contributed by atoms with Gasteiger partial charge in [0, 0.05) is 31.6 Å². The standard InChI is InChI=1S/C10H14N4O2/c15-10(16)8-5-14-9(4-12-8)6-3-11-2-1-7(6)13-14/h8,11-12H,1-5H2,(H,15,16). The molecular weight excluding hydrogens is 208 g/mol. The quantitative estimate of drug-likeness (QED) is 0.573. The van der Waals surface area contributed by atoms with E-state index in [0.29, 0.717) is 13.1 Å². The van der Waals surface area contributed by atoms with Crippen LogP contribution in [0.5, 0.6) is 0 Å². The third kappa shape index (κ3) is 1.42. The third-order valence-corrected chi connectivity index (χ3v) is 3.26. The monoisotopic (exact) mass is 222 g/mol. The van der Waals surface area contributed by atoms with E-state index < -0.39 is 12.0 Å². The van der Waals surface area contributed by atoms with Gasteiger partial charge >= 0.3 is 5.97 Å². The number of nitrogens with zero attached hydrogens (tertiary/aromatic N) is 2. The molecule has 0 aliphatic carbocycles. The Morgan fingerprint density at radius 3 is 3.19 bits per heavy atom. The second-order valence-corrected chi connectivity index (χ2v) is 4.25. The molecule has 1 aromatic rings. The zero-order valence-electron chi connectivity index (χ0n) is 8.86. The first-order chi connectivity index (χ1) is 7.75. The van der Waals surface area contributed by atoms with Gasteiger partial charge in [-0.05, 0) is 0 Å². The molecule has 1 unspecified atom stereocenters. The summed E-state index contributed by atoms with van der Waals surface area (Å²) < 4.78 is 1.85. The second-order valence-electron chi connectivity index (χ2n) is 4.25. The van der Waals surface area contributed by atoms with E-state index in [1.165, 1.54) is 5.56 Å². The number of carboxylic acid groups (broad SMARTS) is 1. The summed E-state index contributed by atoms with van der Waals surface area (Å²) in [7, 11) is 0. The molecule has 3 heterocycles. The van der Waals surface area contributed by atoms with Crippen LogP contribution in [-0.4, -0.2) is 33.4 Å². The minimum atomic E-state index is -0.808. The molecule has 16 heavy (non-hydrogen) atoms. The number of rotatable bonds is 1. The van der Waals surface area contributed by atoms with Gasteiger partial charge in [0.15, 0.2) is 0 Å². The van der Waals surface area contributed by atoms with Gasteiger partial charge in [0.1, 0.15) is 6.04 Å². The smallest absolute Gasteiger partial charge is 0.322 e. The van der Waals surface area contributed by atoms with Crippen molar-refractivity contribution in [2.24, 2.45) is 0 Å². The van der Waals surface area contributed by atoms with Crippen molar-refractivity contribution in [1.82, 2.24) is 20.4 Å². The molecule has 0 amide bonds. The topological polar surface area (TPSA) is 79.2 Å². The summed E-state index contributed by atoms with van der Waals surface area (Å²) in [6.45, 7) is 2.84. The van der Waals surface area contributed by atoms with Crippen molar-refractivity contribution >= 4 is 5.97 Å². The summed E-state index contributed by atoms with van der Waals surface area (Å²) in [6.07, 6.45) is 0.938. The Bertz CT molecular complexity index is 440. The number of nitrogens with one attached hydrogen (secondary N) is 2. The first-order valence-corrected chi connectivity index (χ1v) is 5.50. The Hall–Kier alpha value is -1.40. The number of hydrogen-bond acceptors (Lipinski definition) is 4. The van der Waals surface area contributed by atoms with Crippen LogP contribution in [0.4, 0.5) is 0 Å². The normalized spacial score (nSPS) is 23.6. The molecule has 0 aromatic carbocycles. The summed E-state index contributed by atoms with van der Waals surface area (Å²) >= 11 is 0. The summed E-state index contributed by atoms with van der Waals surface area (Å²) in [5.41, 5.74) is 3.52. The van der Waals surface area contributed by atoms with Crippen LogP contribution in [0.2, 0.25) is 0 Å². The van der Waals surface area contributed by atoms with Crippen LogP contribution in [0, 0.1) is 0 Å². The van der Waals surface area contributed by atoms with E-state index in [1.807, 2.05) is 4.68 Å². The lowest BCUT2D eigenvalue weighted by molar-refractivity contribution is -0.140. The molecule has 6 heteroatoms.